The second-order valence-corrected chi connectivity index (χ2v) is 24.6. The molecule has 0 N–H and O–H groups in total. The van der Waals surface area contributed by atoms with Crippen molar-refractivity contribution in [3.8, 4) is 5.75 Å². The number of benzene rings is 1. The van der Waals surface area contributed by atoms with Gasteiger partial charge in [-0.3, -0.25) is 0 Å². The number of hydrogen-bond acceptors (Lipinski definition) is 2. The summed E-state index contributed by atoms with van der Waals surface area (Å²) in [5.41, 5.74) is 1.06. The van der Waals surface area contributed by atoms with Crippen LogP contribution < -0.4 is 4.52 Å². The molecule has 1 aliphatic rings. The quantitative estimate of drug-likeness (QED) is 0.584. The first kappa shape index (κ1) is 10.4. The zero-order chi connectivity index (χ0) is 9.55. The van der Waals surface area contributed by atoms with Gasteiger partial charge in [-0.1, -0.05) is 0 Å². The number of fused-ring (bicyclic) bond motifs is 1. The van der Waals surface area contributed by atoms with Gasteiger partial charge in [-0.25, -0.2) is 0 Å². The third kappa shape index (κ3) is 2.45. The number of hydrogen-bond donors (Lipinski definition) is 0. The molecule has 0 aromatic heterocycles. The predicted octanol–water partition coefficient (Wildman–Crippen LogP) is 4.91. The van der Waals surface area contributed by atoms with E-state index in [1.165, 1.54) is 0 Å². The molecule has 0 radical (unpaired) electrons. The van der Waals surface area contributed by atoms with Gasteiger partial charge < -0.3 is 0 Å². The summed E-state index contributed by atoms with van der Waals surface area (Å²) in [4.78, 5) is 0. The Labute approximate surface area is 100 Å². The van der Waals surface area contributed by atoms with Crippen LogP contribution in [0, 0.1) is 0 Å². The molecular formula is C7H6Br3O2P. The monoisotopic (exact) mass is 390 g/mol. The molecule has 13 heavy (non-hydrogen) atoms. The summed E-state index contributed by atoms with van der Waals surface area (Å²) in [6.07, 6.45) is 0. The fraction of sp³-hybridized carbons (Fsp3) is 0.143. The normalized spacial score (nSPS) is 26.2. The molecule has 2 rings (SSSR count). The van der Waals surface area contributed by atoms with E-state index in [2.05, 4.69) is 46.5 Å². The van der Waals surface area contributed by atoms with Gasteiger partial charge in [0.25, 0.3) is 0 Å². The van der Waals surface area contributed by atoms with Crippen LogP contribution in [0.1, 0.15) is 5.56 Å². The molecule has 0 saturated heterocycles. The molecule has 6 heteroatoms. The van der Waals surface area contributed by atoms with Crippen LogP contribution in [-0.4, -0.2) is 0 Å². The van der Waals surface area contributed by atoms with Gasteiger partial charge in [-0.2, -0.15) is 0 Å². The minimum absolute atomic E-state index is 0.537. The van der Waals surface area contributed by atoms with Crippen molar-refractivity contribution in [3.63, 3.8) is 0 Å². The van der Waals surface area contributed by atoms with Crippen LogP contribution in [0.4, 0.5) is 0 Å². The van der Waals surface area contributed by atoms with E-state index < -0.39 is 3.16 Å². The molecule has 72 valence electrons. The maximum absolute atomic E-state index is 5.67. The van der Waals surface area contributed by atoms with Crippen molar-refractivity contribution in [3.05, 3.63) is 29.8 Å². The van der Waals surface area contributed by atoms with E-state index in [4.69, 9.17) is 9.05 Å². The Kier molecular flexibility index (Phi) is 2.53. The Hall–Kier alpha value is 0.850. The van der Waals surface area contributed by atoms with Crippen LogP contribution >= 0.6 is 49.6 Å². The first-order chi connectivity index (χ1) is 5.94. The van der Waals surface area contributed by atoms with E-state index in [0.717, 1.165) is 11.3 Å². The van der Waals surface area contributed by atoms with Crippen molar-refractivity contribution < 1.29 is 9.05 Å². The zero-order valence-corrected chi connectivity index (χ0v) is 12.1. The van der Waals surface area contributed by atoms with Crippen LogP contribution in [0.2, 0.25) is 0 Å². The van der Waals surface area contributed by atoms with Crippen LogP contribution in [0.25, 0.3) is 0 Å². The number of halogens is 3. The predicted molar refractivity (Wildman–Crippen MR) is 65.6 cm³/mol. The molecule has 0 atom stereocenters. The van der Waals surface area contributed by atoms with Crippen molar-refractivity contribution in [2.45, 2.75) is 6.61 Å². The SMILES string of the molecule is BrP1(Br)(Br)OCc2ccccc2O1. The summed E-state index contributed by atoms with van der Waals surface area (Å²) >= 11 is 10.2. The topological polar surface area (TPSA) is 18.5 Å². The second-order valence-electron chi connectivity index (χ2n) is 2.65. The van der Waals surface area contributed by atoms with Gasteiger partial charge in [-0.15, -0.1) is 0 Å². The van der Waals surface area contributed by atoms with E-state index in [-0.39, 0.29) is 0 Å². The van der Waals surface area contributed by atoms with E-state index >= 15 is 0 Å². The molecule has 0 saturated carbocycles. The third-order valence-corrected chi connectivity index (χ3v) is 5.78. The first-order valence-electron chi connectivity index (χ1n) is 3.55. The summed E-state index contributed by atoms with van der Waals surface area (Å²) in [5, 5.41) is 0. The van der Waals surface area contributed by atoms with Crippen LogP contribution in [0.15, 0.2) is 24.3 Å². The van der Waals surface area contributed by atoms with E-state index in [1.54, 1.807) is 0 Å². The van der Waals surface area contributed by atoms with Gasteiger partial charge in [-0.05, 0) is 0 Å². The van der Waals surface area contributed by atoms with Crippen molar-refractivity contribution in [2.75, 3.05) is 0 Å². The first-order valence-corrected chi connectivity index (χ1v) is 11.7. The summed E-state index contributed by atoms with van der Waals surface area (Å²) in [6, 6.07) is 7.79. The van der Waals surface area contributed by atoms with Gasteiger partial charge in [0.1, 0.15) is 0 Å². The molecule has 1 heterocycles. The fourth-order valence-electron chi connectivity index (χ4n) is 1.06. The maximum atomic E-state index is 5.67. The Morgan fingerprint density at radius 1 is 1.15 bits per heavy atom. The Morgan fingerprint density at radius 3 is 2.62 bits per heavy atom. The average molecular weight is 393 g/mol. The van der Waals surface area contributed by atoms with Gasteiger partial charge in [0.2, 0.25) is 0 Å². The summed E-state index contributed by atoms with van der Waals surface area (Å²) in [6.45, 7) is 0.537. The molecule has 0 unspecified atom stereocenters. The van der Waals surface area contributed by atoms with E-state index in [1.807, 2.05) is 24.3 Å². The Bertz CT molecular complexity index is 347. The summed E-state index contributed by atoms with van der Waals surface area (Å²) in [7, 11) is 0. The molecular weight excluding hydrogens is 387 g/mol. The summed E-state index contributed by atoms with van der Waals surface area (Å²) < 4.78 is 8.34. The molecule has 0 spiro atoms. The molecule has 1 aliphatic heterocycles. The van der Waals surface area contributed by atoms with Gasteiger partial charge in [0.05, 0.1) is 0 Å². The van der Waals surface area contributed by atoms with Gasteiger partial charge in [0, 0.05) is 0 Å². The molecule has 1 aromatic rings. The third-order valence-electron chi connectivity index (χ3n) is 1.63. The summed E-state index contributed by atoms with van der Waals surface area (Å²) in [5.74, 6) is 0.844. The molecule has 0 amide bonds. The second kappa shape index (κ2) is 3.17. The Morgan fingerprint density at radius 2 is 1.85 bits per heavy atom. The van der Waals surface area contributed by atoms with Gasteiger partial charge in [0.15, 0.2) is 0 Å². The van der Waals surface area contributed by atoms with Crippen molar-refractivity contribution in [2.24, 2.45) is 0 Å². The van der Waals surface area contributed by atoms with Gasteiger partial charge >= 0.3 is 101 Å². The average Bonchev–Trinajstić information content (AvgIpc) is 2.01. The molecule has 0 aliphatic carbocycles. The van der Waals surface area contributed by atoms with Crippen LogP contribution in [-0.2, 0) is 11.1 Å². The molecule has 0 bridgehead atoms. The number of para-hydroxylation sites is 1. The van der Waals surface area contributed by atoms with Crippen LogP contribution in [0.5, 0.6) is 5.75 Å². The molecule has 1 aromatic carbocycles. The van der Waals surface area contributed by atoms with Crippen LogP contribution in [0.3, 0.4) is 0 Å². The minimum atomic E-state index is -2.87. The van der Waals surface area contributed by atoms with E-state index in [0.29, 0.717) is 6.61 Å². The number of rotatable bonds is 0. The van der Waals surface area contributed by atoms with E-state index in [9.17, 15) is 0 Å². The standard InChI is InChI=1S/C7H6Br3O2P/c8-13(9,10)11-5-6-3-1-2-4-7(6)12-13/h1-4H,5H2. The zero-order valence-electron chi connectivity index (χ0n) is 6.41. The Balaban J connectivity index is 2.41. The molecule has 2 nitrogen and oxygen atoms in total. The fourth-order valence-corrected chi connectivity index (χ4v) is 4.26. The molecule has 0 fully saturated rings. The van der Waals surface area contributed by atoms with Crippen molar-refractivity contribution in [1.82, 2.24) is 0 Å². The van der Waals surface area contributed by atoms with Crippen molar-refractivity contribution >= 4 is 49.6 Å². The van der Waals surface area contributed by atoms with Crippen molar-refractivity contribution in [1.29, 1.82) is 0 Å².